The molecule has 2 unspecified atom stereocenters. The first-order valence-corrected chi connectivity index (χ1v) is 9.78. The summed E-state index contributed by atoms with van der Waals surface area (Å²) >= 11 is 0. The summed E-state index contributed by atoms with van der Waals surface area (Å²) in [7, 11) is 3.50. The Bertz CT molecular complexity index is 754. The van der Waals surface area contributed by atoms with E-state index in [1.54, 1.807) is 25.3 Å². The van der Waals surface area contributed by atoms with Gasteiger partial charge in [0.2, 0.25) is 5.91 Å². The van der Waals surface area contributed by atoms with E-state index >= 15 is 0 Å². The number of guanidine groups is 1. The zero-order valence-electron chi connectivity index (χ0n) is 16.9. The first-order chi connectivity index (χ1) is 13.5. The number of aromatic nitrogens is 2. The molecule has 1 aliphatic rings. The van der Waals surface area contributed by atoms with Crippen LogP contribution < -0.4 is 5.32 Å². The van der Waals surface area contributed by atoms with E-state index in [9.17, 15) is 4.79 Å². The maximum absolute atomic E-state index is 12.0. The first-order valence-electron chi connectivity index (χ1n) is 9.78. The van der Waals surface area contributed by atoms with Crippen molar-refractivity contribution >= 4 is 11.9 Å². The van der Waals surface area contributed by atoms with Crippen molar-refractivity contribution in [3.63, 3.8) is 0 Å². The van der Waals surface area contributed by atoms with Crippen molar-refractivity contribution in [3.8, 4) is 0 Å². The number of furan rings is 1. The fourth-order valence-corrected chi connectivity index (χ4v) is 3.40. The third-order valence-corrected chi connectivity index (χ3v) is 5.22. The molecule has 2 atom stereocenters. The summed E-state index contributed by atoms with van der Waals surface area (Å²) in [5.74, 6) is 2.25. The molecule has 1 saturated heterocycles. The van der Waals surface area contributed by atoms with Crippen LogP contribution in [-0.2, 0) is 11.2 Å². The van der Waals surface area contributed by atoms with Crippen molar-refractivity contribution in [2.45, 2.75) is 25.8 Å². The lowest BCUT2D eigenvalue weighted by Gasteiger charge is -2.39. The van der Waals surface area contributed by atoms with Crippen LogP contribution in [0.4, 0.5) is 0 Å². The number of nitrogens with one attached hydrogen (secondary N) is 1. The molecular formula is C20H30N6O2. The molecule has 0 aliphatic carbocycles. The van der Waals surface area contributed by atoms with Gasteiger partial charge in [-0.2, -0.15) is 0 Å². The fourth-order valence-electron chi connectivity index (χ4n) is 3.40. The number of likely N-dealkylation sites (tertiary alicyclic amines) is 1. The number of imidazole rings is 1. The summed E-state index contributed by atoms with van der Waals surface area (Å²) in [5.41, 5.74) is 0. The van der Waals surface area contributed by atoms with Gasteiger partial charge in [-0.1, -0.05) is 6.92 Å². The summed E-state index contributed by atoms with van der Waals surface area (Å²) in [5, 5.41) is 3.42. The number of aliphatic imine (C=N–C) groups is 1. The normalized spacial score (nSPS) is 20.2. The summed E-state index contributed by atoms with van der Waals surface area (Å²) in [4.78, 5) is 24.7. The van der Waals surface area contributed by atoms with Gasteiger partial charge in [-0.25, -0.2) is 9.98 Å². The van der Waals surface area contributed by atoms with Crippen LogP contribution in [0, 0.1) is 5.92 Å². The lowest BCUT2D eigenvalue weighted by Crippen LogP contribution is -2.49. The van der Waals surface area contributed by atoms with E-state index < -0.39 is 0 Å². The van der Waals surface area contributed by atoms with Crippen LogP contribution in [0.1, 0.15) is 25.1 Å². The second kappa shape index (κ2) is 9.43. The van der Waals surface area contributed by atoms with E-state index in [-0.39, 0.29) is 12.5 Å². The molecule has 1 N–H and O–H groups in total. The molecule has 0 saturated carbocycles. The monoisotopic (exact) mass is 386 g/mol. The van der Waals surface area contributed by atoms with Gasteiger partial charge in [0, 0.05) is 52.5 Å². The SMILES string of the molecule is CC1CCN(C(=NCC(=O)N(C)C)NCCc2ccco2)CC1n1ccnc1. The molecule has 0 bridgehead atoms. The lowest BCUT2D eigenvalue weighted by atomic mass is 9.93. The van der Waals surface area contributed by atoms with Crippen LogP contribution in [-0.4, -0.2) is 71.5 Å². The Morgan fingerprint density at radius 3 is 3.00 bits per heavy atom. The second-order valence-electron chi connectivity index (χ2n) is 7.47. The number of carbonyl (C=O) groups excluding carboxylic acids is 1. The van der Waals surface area contributed by atoms with Crippen molar-refractivity contribution in [2.24, 2.45) is 10.9 Å². The summed E-state index contributed by atoms with van der Waals surface area (Å²) in [6, 6.07) is 4.19. The summed E-state index contributed by atoms with van der Waals surface area (Å²) < 4.78 is 7.57. The molecule has 1 amide bonds. The number of rotatable bonds is 6. The van der Waals surface area contributed by atoms with E-state index in [4.69, 9.17) is 4.42 Å². The largest absolute Gasteiger partial charge is 0.469 e. The Balaban J connectivity index is 1.69. The number of likely N-dealkylation sites (N-methyl/N-ethyl adjacent to an activating group) is 1. The van der Waals surface area contributed by atoms with E-state index in [0.717, 1.165) is 37.7 Å². The molecule has 3 heterocycles. The molecular weight excluding hydrogens is 356 g/mol. The Morgan fingerprint density at radius 2 is 2.32 bits per heavy atom. The van der Waals surface area contributed by atoms with Gasteiger partial charge >= 0.3 is 0 Å². The second-order valence-corrected chi connectivity index (χ2v) is 7.47. The van der Waals surface area contributed by atoms with Gasteiger partial charge in [-0.3, -0.25) is 4.79 Å². The van der Waals surface area contributed by atoms with Gasteiger partial charge in [0.05, 0.1) is 18.6 Å². The third kappa shape index (κ3) is 5.15. The highest BCUT2D eigenvalue weighted by Gasteiger charge is 2.29. The number of hydrogen-bond donors (Lipinski definition) is 1. The quantitative estimate of drug-likeness (QED) is 0.603. The number of piperidine rings is 1. The Kier molecular flexibility index (Phi) is 6.73. The molecule has 1 aliphatic heterocycles. The fraction of sp³-hybridized carbons (Fsp3) is 0.550. The number of amides is 1. The van der Waals surface area contributed by atoms with E-state index in [0.29, 0.717) is 18.5 Å². The van der Waals surface area contributed by atoms with Crippen molar-refractivity contribution in [3.05, 3.63) is 42.9 Å². The van der Waals surface area contributed by atoms with Crippen LogP contribution in [0.15, 0.2) is 46.5 Å². The minimum absolute atomic E-state index is 0.0122. The first kappa shape index (κ1) is 20.0. The molecule has 152 valence electrons. The average molecular weight is 387 g/mol. The molecule has 2 aromatic heterocycles. The molecule has 8 nitrogen and oxygen atoms in total. The molecule has 28 heavy (non-hydrogen) atoms. The number of hydrogen-bond acceptors (Lipinski definition) is 4. The van der Waals surface area contributed by atoms with E-state index in [1.165, 1.54) is 0 Å². The highest BCUT2D eigenvalue weighted by molar-refractivity contribution is 5.85. The van der Waals surface area contributed by atoms with Gasteiger partial charge in [0.1, 0.15) is 12.3 Å². The highest BCUT2D eigenvalue weighted by Crippen LogP contribution is 2.27. The lowest BCUT2D eigenvalue weighted by molar-refractivity contribution is -0.127. The smallest absolute Gasteiger partial charge is 0.243 e. The molecule has 3 rings (SSSR count). The highest BCUT2D eigenvalue weighted by atomic mass is 16.3. The predicted molar refractivity (Wildman–Crippen MR) is 108 cm³/mol. The van der Waals surface area contributed by atoms with Crippen molar-refractivity contribution in [1.29, 1.82) is 0 Å². The Labute approximate surface area is 166 Å². The van der Waals surface area contributed by atoms with Crippen molar-refractivity contribution < 1.29 is 9.21 Å². The summed E-state index contributed by atoms with van der Waals surface area (Å²) in [6.07, 6.45) is 9.22. The van der Waals surface area contributed by atoms with Crippen molar-refractivity contribution in [2.75, 3.05) is 40.3 Å². The van der Waals surface area contributed by atoms with E-state index in [2.05, 4.69) is 31.7 Å². The van der Waals surface area contributed by atoms with Gasteiger partial charge in [-0.15, -0.1) is 0 Å². The molecule has 0 aromatic carbocycles. The van der Waals surface area contributed by atoms with Gasteiger partial charge < -0.3 is 24.1 Å². The Morgan fingerprint density at radius 1 is 1.46 bits per heavy atom. The minimum atomic E-state index is -0.0122. The topological polar surface area (TPSA) is 78.9 Å². The van der Waals surface area contributed by atoms with Gasteiger partial charge in [0.25, 0.3) is 0 Å². The standard InChI is InChI=1S/C20H30N6O2/c1-16-7-10-25(14-18(16)26-11-9-21-15-26)20(23-13-19(27)24(2)3)22-8-6-17-5-4-12-28-17/h4-5,9,11-12,15-16,18H,6-8,10,13-14H2,1-3H3,(H,22,23). The number of nitrogens with zero attached hydrogens (tertiary/aromatic N) is 5. The molecule has 0 radical (unpaired) electrons. The van der Waals surface area contributed by atoms with Crippen LogP contribution in [0.5, 0.6) is 0 Å². The molecule has 8 heteroatoms. The van der Waals surface area contributed by atoms with Gasteiger partial charge in [0.15, 0.2) is 5.96 Å². The predicted octanol–water partition coefficient (Wildman–Crippen LogP) is 1.64. The molecule has 0 spiro atoms. The molecule has 1 fully saturated rings. The van der Waals surface area contributed by atoms with Crippen LogP contribution in [0.25, 0.3) is 0 Å². The van der Waals surface area contributed by atoms with Crippen LogP contribution in [0.3, 0.4) is 0 Å². The van der Waals surface area contributed by atoms with Crippen LogP contribution in [0.2, 0.25) is 0 Å². The maximum Gasteiger partial charge on any atom is 0.243 e. The van der Waals surface area contributed by atoms with Gasteiger partial charge in [-0.05, 0) is 24.5 Å². The Hall–Kier alpha value is -2.77. The van der Waals surface area contributed by atoms with E-state index in [1.807, 2.05) is 30.9 Å². The zero-order valence-corrected chi connectivity index (χ0v) is 16.9. The number of carbonyl (C=O) groups is 1. The average Bonchev–Trinajstić information content (AvgIpc) is 3.38. The third-order valence-electron chi connectivity index (χ3n) is 5.22. The minimum Gasteiger partial charge on any atom is -0.469 e. The molecule has 2 aromatic rings. The zero-order chi connectivity index (χ0) is 19.9. The van der Waals surface area contributed by atoms with Crippen molar-refractivity contribution in [1.82, 2.24) is 24.7 Å². The summed E-state index contributed by atoms with van der Waals surface area (Å²) in [6.45, 7) is 4.86. The maximum atomic E-state index is 12.0. The van der Waals surface area contributed by atoms with Crippen LogP contribution >= 0.6 is 0 Å².